The second-order valence-electron chi connectivity index (χ2n) is 10.2. The lowest BCUT2D eigenvalue weighted by Crippen LogP contribution is -2.48. The summed E-state index contributed by atoms with van der Waals surface area (Å²) in [5, 5.41) is 5.51. The molecule has 0 rings (SSSR count). The fraction of sp³-hybridized carbons (Fsp3) is 0.852. The molecule has 0 aliphatic carbocycles. The maximum Gasteiger partial charge on any atom is 0.267 e. The summed E-state index contributed by atoms with van der Waals surface area (Å²) in [5.74, 6) is -0.109. The summed E-state index contributed by atoms with van der Waals surface area (Å²) in [6.07, 6.45) is 22.5. The van der Waals surface area contributed by atoms with Crippen LogP contribution in [0.4, 0.5) is 0 Å². The van der Waals surface area contributed by atoms with E-state index >= 15 is 0 Å². The molecule has 7 nitrogen and oxygen atoms in total. The molecule has 0 saturated heterocycles. The van der Waals surface area contributed by atoms with E-state index in [-0.39, 0.29) is 18.2 Å². The van der Waals surface area contributed by atoms with Gasteiger partial charge in [-0.15, -0.1) is 0 Å². The molecular weight excluding hydrogens is 496 g/mol. The lowest BCUT2D eigenvalue weighted by molar-refractivity contribution is -0.122. The summed E-state index contributed by atoms with van der Waals surface area (Å²) >= 11 is 1.37. The third kappa shape index (κ3) is 26.0. The third-order valence-electron chi connectivity index (χ3n) is 5.74. The van der Waals surface area contributed by atoms with Gasteiger partial charge >= 0.3 is 0 Å². The molecule has 0 aromatic carbocycles. The monoisotopic (exact) mass is 548 g/mol. The standard InChI is InChI=1S/C27H52N2O5S2/c1-4-5-6-7-8-9-10-11-12-13-14-15-16-17-18-19-21-28-26(31)23-35-22-20-25(30)29-27(2,3)24-36(32,33)34/h11-12H,4-10,13-24H2,1-3H3,(H,28,31)(H,29,30)(H,32,33,34)/b12-11+. The van der Waals surface area contributed by atoms with Gasteiger partial charge in [0.1, 0.15) is 0 Å². The van der Waals surface area contributed by atoms with Gasteiger partial charge in [-0.1, -0.05) is 76.9 Å². The number of carbonyl (C=O) groups excluding carboxylic acids is 2. The van der Waals surface area contributed by atoms with Crippen LogP contribution in [0.2, 0.25) is 0 Å². The zero-order chi connectivity index (χ0) is 27.1. The normalized spacial score (nSPS) is 12.2. The van der Waals surface area contributed by atoms with Crippen molar-refractivity contribution in [3.05, 3.63) is 12.2 Å². The van der Waals surface area contributed by atoms with Crippen molar-refractivity contribution < 1.29 is 22.6 Å². The molecule has 0 unspecified atom stereocenters. The first-order chi connectivity index (χ1) is 17.1. The quantitative estimate of drug-likeness (QED) is 0.0769. The minimum Gasteiger partial charge on any atom is -0.355 e. The topological polar surface area (TPSA) is 113 Å². The van der Waals surface area contributed by atoms with Crippen LogP contribution < -0.4 is 10.6 Å². The number of hydrogen-bond donors (Lipinski definition) is 3. The highest BCUT2D eigenvalue weighted by atomic mass is 32.2. The molecular formula is C27H52N2O5S2. The molecule has 0 fully saturated rings. The molecule has 0 aliphatic rings. The Morgan fingerprint density at radius 3 is 1.92 bits per heavy atom. The number of allylic oxidation sites excluding steroid dienone is 2. The molecule has 0 spiro atoms. The van der Waals surface area contributed by atoms with E-state index in [1.54, 1.807) is 0 Å². The van der Waals surface area contributed by atoms with E-state index in [0.29, 0.717) is 18.1 Å². The summed E-state index contributed by atoms with van der Waals surface area (Å²) in [7, 11) is -4.17. The van der Waals surface area contributed by atoms with Gasteiger partial charge in [0.25, 0.3) is 10.1 Å². The third-order valence-corrected chi connectivity index (χ3v) is 7.78. The van der Waals surface area contributed by atoms with Gasteiger partial charge in [0.2, 0.25) is 11.8 Å². The predicted octanol–water partition coefficient (Wildman–Crippen LogP) is 6.05. The fourth-order valence-electron chi connectivity index (χ4n) is 3.91. The van der Waals surface area contributed by atoms with Crippen LogP contribution in [0.25, 0.3) is 0 Å². The Morgan fingerprint density at radius 2 is 1.36 bits per heavy atom. The molecule has 0 aromatic rings. The number of hydrogen-bond acceptors (Lipinski definition) is 5. The molecule has 0 bridgehead atoms. The second-order valence-corrected chi connectivity index (χ2v) is 12.8. The van der Waals surface area contributed by atoms with Gasteiger partial charge in [-0.25, -0.2) is 0 Å². The smallest absolute Gasteiger partial charge is 0.267 e. The maximum absolute atomic E-state index is 11.9. The van der Waals surface area contributed by atoms with Crippen molar-refractivity contribution in [3.8, 4) is 0 Å². The Hall–Kier alpha value is -1.06. The Bertz CT molecular complexity index is 709. The molecule has 0 atom stereocenters. The van der Waals surface area contributed by atoms with Crippen LogP contribution in [-0.2, 0) is 19.7 Å². The van der Waals surface area contributed by atoms with E-state index in [9.17, 15) is 18.0 Å². The number of carbonyl (C=O) groups is 2. The van der Waals surface area contributed by atoms with Crippen molar-refractivity contribution in [2.75, 3.05) is 23.8 Å². The Kier molecular flexibility index (Phi) is 21.3. The molecule has 2 amide bonds. The zero-order valence-corrected chi connectivity index (χ0v) is 24.6. The van der Waals surface area contributed by atoms with E-state index < -0.39 is 21.4 Å². The average molecular weight is 549 g/mol. The molecule has 212 valence electrons. The summed E-state index contributed by atoms with van der Waals surface area (Å²) in [6.45, 7) is 6.01. The van der Waals surface area contributed by atoms with Crippen LogP contribution >= 0.6 is 11.8 Å². The zero-order valence-electron chi connectivity index (χ0n) is 23.0. The van der Waals surface area contributed by atoms with Crippen molar-refractivity contribution in [1.82, 2.24) is 10.6 Å². The molecule has 0 heterocycles. The van der Waals surface area contributed by atoms with Crippen LogP contribution in [0, 0.1) is 0 Å². The summed E-state index contributed by atoms with van der Waals surface area (Å²) in [5.41, 5.74) is -1.04. The minimum absolute atomic E-state index is 0.0279. The van der Waals surface area contributed by atoms with Gasteiger partial charge in [-0.3, -0.25) is 14.1 Å². The molecule has 0 radical (unpaired) electrons. The van der Waals surface area contributed by atoms with Crippen molar-refractivity contribution in [1.29, 1.82) is 0 Å². The highest BCUT2D eigenvalue weighted by Gasteiger charge is 2.26. The summed E-state index contributed by atoms with van der Waals surface area (Å²) in [6, 6.07) is 0. The van der Waals surface area contributed by atoms with Gasteiger partial charge in [0.15, 0.2) is 0 Å². The first-order valence-electron chi connectivity index (χ1n) is 13.8. The van der Waals surface area contributed by atoms with Crippen LogP contribution in [0.1, 0.15) is 117 Å². The first-order valence-corrected chi connectivity index (χ1v) is 16.6. The van der Waals surface area contributed by atoms with Crippen LogP contribution in [-0.4, -0.2) is 54.1 Å². The van der Waals surface area contributed by atoms with Gasteiger partial charge in [0.05, 0.1) is 17.0 Å². The maximum atomic E-state index is 11.9. The van der Waals surface area contributed by atoms with Crippen LogP contribution in [0.5, 0.6) is 0 Å². The number of amides is 2. The van der Waals surface area contributed by atoms with Gasteiger partial charge < -0.3 is 10.6 Å². The van der Waals surface area contributed by atoms with Crippen LogP contribution in [0.15, 0.2) is 12.2 Å². The second kappa shape index (κ2) is 22.0. The van der Waals surface area contributed by atoms with E-state index in [2.05, 4.69) is 29.7 Å². The van der Waals surface area contributed by atoms with E-state index in [1.165, 1.54) is 103 Å². The summed E-state index contributed by atoms with van der Waals surface area (Å²) in [4.78, 5) is 23.8. The Balaban J connectivity index is 3.50. The van der Waals surface area contributed by atoms with Crippen molar-refractivity contribution in [2.45, 2.75) is 123 Å². The predicted molar refractivity (Wildman–Crippen MR) is 153 cm³/mol. The lowest BCUT2D eigenvalue weighted by atomic mass is 10.1. The molecule has 36 heavy (non-hydrogen) atoms. The van der Waals surface area contributed by atoms with Crippen LogP contribution in [0.3, 0.4) is 0 Å². The highest BCUT2D eigenvalue weighted by molar-refractivity contribution is 7.99. The minimum atomic E-state index is -4.17. The number of nitrogens with one attached hydrogen (secondary N) is 2. The Morgan fingerprint density at radius 1 is 0.833 bits per heavy atom. The lowest BCUT2D eigenvalue weighted by Gasteiger charge is -2.24. The largest absolute Gasteiger partial charge is 0.355 e. The number of thioether (sulfide) groups is 1. The fourth-order valence-corrected chi connectivity index (χ4v) is 5.66. The van der Waals surface area contributed by atoms with Gasteiger partial charge in [-0.2, -0.15) is 20.2 Å². The van der Waals surface area contributed by atoms with Crippen molar-refractivity contribution >= 4 is 33.7 Å². The van der Waals surface area contributed by atoms with Crippen molar-refractivity contribution in [3.63, 3.8) is 0 Å². The average Bonchev–Trinajstić information content (AvgIpc) is 2.76. The van der Waals surface area contributed by atoms with E-state index in [4.69, 9.17) is 4.55 Å². The van der Waals surface area contributed by atoms with Gasteiger partial charge in [-0.05, 0) is 46.0 Å². The highest BCUT2D eigenvalue weighted by Crippen LogP contribution is 2.10. The first kappa shape index (κ1) is 34.9. The van der Waals surface area contributed by atoms with Crippen molar-refractivity contribution in [2.24, 2.45) is 0 Å². The molecule has 0 saturated carbocycles. The summed E-state index contributed by atoms with van der Waals surface area (Å²) < 4.78 is 30.9. The Labute approximate surface area is 225 Å². The SMILES string of the molecule is CCCCCCCC/C=C/CCCCCCCCNC(=O)CSCCC(=O)NC(C)(C)CS(=O)(=O)O. The van der Waals surface area contributed by atoms with E-state index in [1.807, 2.05) is 0 Å². The number of unbranched alkanes of at least 4 members (excludes halogenated alkanes) is 12. The molecule has 0 aliphatic heterocycles. The van der Waals surface area contributed by atoms with E-state index in [0.717, 1.165) is 12.8 Å². The molecule has 3 N–H and O–H groups in total. The molecule has 9 heteroatoms. The van der Waals surface area contributed by atoms with Gasteiger partial charge in [0, 0.05) is 18.7 Å². The number of rotatable bonds is 24. The molecule has 0 aromatic heterocycles.